The van der Waals surface area contributed by atoms with Crippen molar-refractivity contribution in [1.29, 1.82) is 0 Å². The number of hydrogen-bond acceptors (Lipinski definition) is 7. The van der Waals surface area contributed by atoms with Gasteiger partial charge in [-0.15, -0.1) is 0 Å². The molecule has 2 fully saturated rings. The lowest BCUT2D eigenvalue weighted by molar-refractivity contribution is 0.122. The van der Waals surface area contributed by atoms with Crippen LogP contribution in [0.3, 0.4) is 0 Å². The van der Waals surface area contributed by atoms with Gasteiger partial charge in [-0.3, -0.25) is 0 Å². The average Bonchev–Trinajstić information content (AvgIpc) is 3.39. The number of anilines is 3. The monoisotopic (exact) mass is 438 g/mol. The van der Waals surface area contributed by atoms with Crippen LogP contribution >= 0.6 is 0 Å². The molecule has 0 radical (unpaired) electrons. The predicted molar refractivity (Wildman–Crippen MR) is 123 cm³/mol. The quantitative estimate of drug-likeness (QED) is 0.785. The molecule has 0 spiro atoms. The molecule has 1 aromatic carbocycles. The van der Waals surface area contributed by atoms with Crippen molar-refractivity contribution in [2.45, 2.75) is 25.8 Å². The highest BCUT2D eigenvalue weighted by atomic mass is 16.5. The number of nitrogens with one attached hydrogen (secondary N) is 1. The SMILES string of the molecule is COc1cccc(NC(=O)N2CCc3nc(N4CCCC4)nc(N4CCOCC4)c3C2)c1. The number of amides is 2. The molecule has 2 aromatic rings. The number of methoxy groups -OCH3 is 1. The van der Waals surface area contributed by atoms with E-state index in [9.17, 15) is 4.79 Å². The van der Waals surface area contributed by atoms with E-state index in [-0.39, 0.29) is 6.03 Å². The number of rotatable bonds is 4. The van der Waals surface area contributed by atoms with Gasteiger partial charge in [-0.25, -0.2) is 9.78 Å². The largest absolute Gasteiger partial charge is 0.497 e. The maximum Gasteiger partial charge on any atom is 0.322 e. The summed E-state index contributed by atoms with van der Waals surface area (Å²) in [6, 6.07) is 7.28. The number of hydrogen-bond donors (Lipinski definition) is 1. The summed E-state index contributed by atoms with van der Waals surface area (Å²) in [5.41, 5.74) is 2.84. The Morgan fingerprint density at radius 1 is 1.06 bits per heavy atom. The Bertz CT molecular complexity index is 972. The molecule has 1 N–H and O–H groups in total. The third-order valence-corrected chi connectivity index (χ3v) is 6.33. The highest BCUT2D eigenvalue weighted by molar-refractivity contribution is 5.89. The third-order valence-electron chi connectivity index (χ3n) is 6.33. The molecular weight excluding hydrogens is 408 g/mol. The van der Waals surface area contributed by atoms with Crippen molar-refractivity contribution in [3.05, 3.63) is 35.5 Å². The standard InChI is InChI=1S/C23H30N6O3/c1-31-18-6-4-5-17(15-18)24-23(30)29-10-7-20-19(16-29)21(27-11-13-32-14-12-27)26-22(25-20)28-8-2-3-9-28/h4-6,15H,2-3,7-14,16H2,1H3,(H,24,30). The van der Waals surface area contributed by atoms with Gasteiger partial charge in [0.05, 0.1) is 32.6 Å². The first-order valence-electron chi connectivity index (χ1n) is 11.4. The first-order valence-corrected chi connectivity index (χ1v) is 11.4. The van der Waals surface area contributed by atoms with Gasteiger partial charge in [-0.05, 0) is 25.0 Å². The number of benzene rings is 1. The number of urea groups is 1. The summed E-state index contributed by atoms with van der Waals surface area (Å²) in [4.78, 5) is 29.4. The topological polar surface area (TPSA) is 83.1 Å². The minimum absolute atomic E-state index is 0.125. The van der Waals surface area contributed by atoms with Gasteiger partial charge in [-0.2, -0.15) is 4.98 Å². The van der Waals surface area contributed by atoms with E-state index in [0.717, 1.165) is 55.6 Å². The smallest absolute Gasteiger partial charge is 0.322 e. The number of aromatic nitrogens is 2. The average molecular weight is 439 g/mol. The van der Waals surface area contributed by atoms with Crippen molar-refractivity contribution < 1.29 is 14.3 Å². The lowest BCUT2D eigenvalue weighted by atomic mass is 10.1. The molecule has 0 aliphatic carbocycles. The van der Waals surface area contributed by atoms with Crippen molar-refractivity contribution in [2.24, 2.45) is 0 Å². The van der Waals surface area contributed by atoms with Crippen LogP contribution in [0.2, 0.25) is 0 Å². The van der Waals surface area contributed by atoms with Crippen LogP contribution < -0.4 is 19.9 Å². The summed E-state index contributed by atoms with van der Waals surface area (Å²) in [6.07, 6.45) is 3.10. The van der Waals surface area contributed by atoms with E-state index in [0.29, 0.717) is 37.7 Å². The predicted octanol–water partition coefficient (Wildman–Crippen LogP) is 2.51. The molecule has 3 aliphatic rings. The van der Waals surface area contributed by atoms with Gasteiger partial charge in [0, 0.05) is 56.5 Å². The summed E-state index contributed by atoms with van der Waals surface area (Å²) in [7, 11) is 1.62. The van der Waals surface area contributed by atoms with Crippen LogP contribution in [0.1, 0.15) is 24.1 Å². The molecule has 0 atom stereocenters. The van der Waals surface area contributed by atoms with Crippen molar-refractivity contribution in [2.75, 3.05) is 68.2 Å². The number of carbonyl (C=O) groups excluding carboxylic acids is 1. The van der Waals surface area contributed by atoms with E-state index in [1.54, 1.807) is 7.11 Å². The van der Waals surface area contributed by atoms with Gasteiger partial charge in [0.1, 0.15) is 11.6 Å². The Kier molecular flexibility index (Phi) is 5.98. The van der Waals surface area contributed by atoms with Crippen LogP contribution in [0.25, 0.3) is 0 Å². The summed E-state index contributed by atoms with van der Waals surface area (Å²) in [5, 5.41) is 3.00. The van der Waals surface area contributed by atoms with Gasteiger partial charge < -0.3 is 29.5 Å². The fourth-order valence-electron chi connectivity index (χ4n) is 4.56. The normalized spacial score (nSPS) is 18.5. The van der Waals surface area contributed by atoms with Crippen LogP contribution in [0.15, 0.2) is 24.3 Å². The van der Waals surface area contributed by atoms with Crippen molar-refractivity contribution >= 4 is 23.5 Å². The first-order chi connectivity index (χ1) is 15.7. The first kappa shape index (κ1) is 20.8. The number of fused-ring (bicyclic) bond motifs is 1. The number of carbonyl (C=O) groups is 1. The molecular formula is C23H30N6O3. The van der Waals surface area contributed by atoms with E-state index in [4.69, 9.17) is 19.4 Å². The fourth-order valence-corrected chi connectivity index (χ4v) is 4.56. The van der Waals surface area contributed by atoms with Gasteiger partial charge in [-0.1, -0.05) is 6.07 Å². The Balaban J connectivity index is 1.39. The number of morpholine rings is 1. The molecule has 1 aromatic heterocycles. The fraction of sp³-hybridized carbons (Fsp3) is 0.522. The van der Waals surface area contributed by atoms with Crippen LogP contribution in [0.5, 0.6) is 5.75 Å². The zero-order valence-corrected chi connectivity index (χ0v) is 18.5. The summed E-state index contributed by atoms with van der Waals surface area (Å²) >= 11 is 0. The second kappa shape index (κ2) is 9.20. The molecule has 2 saturated heterocycles. The third kappa shape index (κ3) is 4.29. The van der Waals surface area contributed by atoms with Crippen LogP contribution in [0, 0.1) is 0 Å². The van der Waals surface area contributed by atoms with Gasteiger partial charge in [0.15, 0.2) is 0 Å². The lowest BCUT2D eigenvalue weighted by Crippen LogP contribution is -2.42. The highest BCUT2D eigenvalue weighted by Crippen LogP contribution is 2.31. The van der Waals surface area contributed by atoms with E-state index in [1.165, 1.54) is 12.8 Å². The minimum Gasteiger partial charge on any atom is -0.497 e. The van der Waals surface area contributed by atoms with Crippen LogP contribution in [0.4, 0.5) is 22.2 Å². The minimum atomic E-state index is -0.125. The molecule has 0 bridgehead atoms. The Morgan fingerprint density at radius 2 is 1.88 bits per heavy atom. The van der Waals surface area contributed by atoms with Crippen LogP contribution in [-0.4, -0.2) is 73.9 Å². The van der Waals surface area contributed by atoms with Crippen molar-refractivity contribution in [1.82, 2.24) is 14.9 Å². The summed E-state index contributed by atoms with van der Waals surface area (Å²) < 4.78 is 10.8. The highest BCUT2D eigenvalue weighted by Gasteiger charge is 2.30. The maximum atomic E-state index is 13.0. The summed E-state index contributed by atoms with van der Waals surface area (Å²) in [5.74, 6) is 2.50. The maximum absolute atomic E-state index is 13.0. The molecule has 0 unspecified atom stereocenters. The van der Waals surface area contributed by atoms with Crippen molar-refractivity contribution in [3.63, 3.8) is 0 Å². The molecule has 32 heavy (non-hydrogen) atoms. The zero-order chi connectivity index (χ0) is 21.9. The molecule has 5 rings (SSSR count). The molecule has 9 heteroatoms. The Hall–Kier alpha value is -3.07. The Labute approximate surface area is 188 Å². The van der Waals surface area contributed by atoms with Crippen molar-refractivity contribution in [3.8, 4) is 5.75 Å². The van der Waals surface area contributed by atoms with Crippen LogP contribution in [-0.2, 0) is 17.7 Å². The second-order valence-corrected chi connectivity index (χ2v) is 8.40. The van der Waals surface area contributed by atoms with E-state index >= 15 is 0 Å². The van der Waals surface area contributed by atoms with Gasteiger partial charge >= 0.3 is 6.03 Å². The van der Waals surface area contributed by atoms with E-state index in [2.05, 4.69) is 15.1 Å². The Morgan fingerprint density at radius 3 is 2.66 bits per heavy atom. The van der Waals surface area contributed by atoms with Gasteiger partial charge in [0.2, 0.25) is 5.95 Å². The number of nitrogens with zero attached hydrogens (tertiary/aromatic N) is 5. The van der Waals surface area contributed by atoms with Gasteiger partial charge in [0.25, 0.3) is 0 Å². The molecule has 2 amide bonds. The molecule has 4 heterocycles. The molecule has 9 nitrogen and oxygen atoms in total. The van der Waals surface area contributed by atoms with E-state index in [1.807, 2.05) is 29.2 Å². The zero-order valence-electron chi connectivity index (χ0n) is 18.5. The lowest BCUT2D eigenvalue weighted by Gasteiger charge is -2.35. The second-order valence-electron chi connectivity index (χ2n) is 8.40. The molecule has 3 aliphatic heterocycles. The number of ether oxygens (including phenoxy) is 2. The molecule has 0 saturated carbocycles. The molecule has 170 valence electrons. The summed E-state index contributed by atoms with van der Waals surface area (Å²) in [6.45, 7) is 6.14. The van der Waals surface area contributed by atoms with E-state index < -0.39 is 0 Å².